The minimum absolute atomic E-state index is 0.470. The summed E-state index contributed by atoms with van der Waals surface area (Å²) in [5, 5.41) is 3.48. The van der Waals surface area contributed by atoms with Crippen molar-refractivity contribution in [2.75, 3.05) is 6.54 Å². The van der Waals surface area contributed by atoms with Crippen LogP contribution in [0.15, 0.2) is 22.7 Å². The summed E-state index contributed by atoms with van der Waals surface area (Å²) in [6.07, 6.45) is 6.96. The van der Waals surface area contributed by atoms with Gasteiger partial charge in [0.2, 0.25) is 0 Å². The average molecular weight is 354 g/mol. The van der Waals surface area contributed by atoms with E-state index in [1.807, 2.05) is 0 Å². The molecule has 118 valence electrons. The number of hydrogen-bond donors (Lipinski definition) is 1. The van der Waals surface area contributed by atoms with E-state index >= 15 is 0 Å². The molecule has 1 N–H and O–H groups in total. The van der Waals surface area contributed by atoms with Crippen LogP contribution in [0.25, 0.3) is 0 Å². The Kier molecular flexibility index (Phi) is 7.21. The lowest BCUT2D eigenvalue weighted by atomic mass is 9.98. The molecule has 0 amide bonds. The zero-order valence-electron chi connectivity index (χ0n) is 13.3. The standard InChI is InChI=1S/C18H28BrNO/c1-14(2)11-20-12-15-8-9-16(18(19)10-15)13-21-17-6-4-3-5-7-17/h8-10,14,17,20H,3-7,11-13H2,1-2H3. The van der Waals surface area contributed by atoms with Crippen molar-refractivity contribution in [3.63, 3.8) is 0 Å². The van der Waals surface area contributed by atoms with E-state index in [0.717, 1.165) is 19.7 Å². The molecule has 2 nitrogen and oxygen atoms in total. The quantitative estimate of drug-likeness (QED) is 0.740. The van der Waals surface area contributed by atoms with Crippen molar-refractivity contribution in [1.29, 1.82) is 0 Å². The summed E-state index contributed by atoms with van der Waals surface area (Å²) < 4.78 is 7.23. The molecule has 0 aromatic heterocycles. The van der Waals surface area contributed by atoms with Gasteiger partial charge in [0.1, 0.15) is 0 Å². The van der Waals surface area contributed by atoms with Crippen LogP contribution in [0.2, 0.25) is 0 Å². The summed E-state index contributed by atoms with van der Waals surface area (Å²) in [5.41, 5.74) is 2.58. The highest BCUT2D eigenvalue weighted by atomic mass is 79.9. The van der Waals surface area contributed by atoms with Gasteiger partial charge in [0.05, 0.1) is 12.7 Å². The number of rotatable bonds is 7. The van der Waals surface area contributed by atoms with Crippen molar-refractivity contribution in [2.45, 2.75) is 65.2 Å². The topological polar surface area (TPSA) is 21.3 Å². The highest BCUT2D eigenvalue weighted by Gasteiger charge is 2.14. The lowest BCUT2D eigenvalue weighted by Gasteiger charge is -2.22. The van der Waals surface area contributed by atoms with Gasteiger partial charge >= 0.3 is 0 Å². The Balaban J connectivity index is 1.80. The molecule has 1 aromatic rings. The van der Waals surface area contributed by atoms with E-state index in [4.69, 9.17) is 4.74 Å². The fraction of sp³-hybridized carbons (Fsp3) is 0.667. The third-order valence-electron chi connectivity index (χ3n) is 4.03. The maximum Gasteiger partial charge on any atom is 0.0731 e. The van der Waals surface area contributed by atoms with E-state index in [9.17, 15) is 0 Å². The highest BCUT2D eigenvalue weighted by Crippen LogP contribution is 2.24. The van der Waals surface area contributed by atoms with Crippen LogP contribution in [0.4, 0.5) is 0 Å². The summed E-state index contributed by atoms with van der Waals surface area (Å²) in [6.45, 7) is 7.18. The van der Waals surface area contributed by atoms with E-state index in [-0.39, 0.29) is 0 Å². The maximum atomic E-state index is 6.06. The minimum Gasteiger partial charge on any atom is -0.374 e. The van der Waals surface area contributed by atoms with Gasteiger partial charge in [-0.2, -0.15) is 0 Å². The Morgan fingerprint density at radius 1 is 1.24 bits per heavy atom. The number of benzene rings is 1. The largest absolute Gasteiger partial charge is 0.374 e. The van der Waals surface area contributed by atoms with Crippen LogP contribution >= 0.6 is 15.9 Å². The van der Waals surface area contributed by atoms with Crippen LogP contribution in [-0.4, -0.2) is 12.6 Å². The predicted octanol–water partition coefficient (Wildman–Crippen LogP) is 5.04. The van der Waals surface area contributed by atoms with Crippen LogP contribution in [0.1, 0.15) is 57.1 Å². The average Bonchev–Trinajstić information content (AvgIpc) is 2.47. The first kappa shape index (κ1) is 17.0. The first-order valence-electron chi connectivity index (χ1n) is 8.25. The lowest BCUT2D eigenvalue weighted by molar-refractivity contribution is 0.0166. The molecular weight excluding hydrogens is 326 g/mol. The SMILES string of the molecule is CC(C)CNCc1ccc(COC2CCCCC2)c(Br)c1. The van der Waals surface area contributed by atoms with E-state index < -0.39 is 0 Å². The van der Waals surface area contributed by atoms with Crippen LogP contribution in [0.3, 0.4) is 0 Å². The Bertz CT molecular complexity index is 427. The normalized spacial score (nSPS) is 16.6. The first-order chi connectivity index (χ1) is 10.1. The Morgan fingerprint density at radius 3 is 2.67 bits per heavy atom. The van der Waals surface area contributed by atoms with Crippen molar-refractivity contribution >= 4 is 15.9 Å². The maximum absolute atomic E-state index is 6.06. The fourth-order valence-corrected chi connectivity index (χ4v) is 3.30. The number of nitrogens with one attached hydrogen (secondary N) is 1. The lowest BCUT2D eigenvalue weighted by Crippen LogP contribution is -2.19. The molecule has 1 saturated carbocycles. The molecule has 0 aliphatic heterocycles. The van der Waals surface area contributed by atoms with Gasteiger partial charge in [-0.05, 0) is 42.5 Å². The van der Waals surface area contributed by atoms with E-state index in [1.165, 1.54) is 47.7 Å². The van der Waals surface area contributed by atoms with Gasteiger partial charge in [0.25, 0.3) is 0 Å². The Hall–Kier alpha value is -0.380. The summed E-state index contributed by atoms with van der Waals surface area (Å²) in [4.78, 5) is 0. The van der Waals surface area contributed by atoms with E-state index in [0.29, 0.717) is 12.0 Å². The second kappa shape index (κ2) is 8.92. The number of halogens is 1. The van der Waals surface area contributed by atoms with Gasteiger partial charge in [-0.3, -0.25) is 0 Å². The van der Waals surface area contributed by atoms with Gasteiger partial charge in [-0.1, -0.05) is 61.2 Å². The van der Waals surface area contributed by atoms with E-state index in [2.05, 4.69) is 53.3 Å². The fourth-order valence-electron chi connectivity index (χ4n) is 2.76. The molecular formula is C18H28BrNO. The Labute approximate surface area is 137 Å². The summed E-state index contributed by atoms with van der Waals surface area (Å²) in [7, 11) is 0. The van der Waals surface area contributed by atoms with Gasteiger partial charge in [-0.25, -0.2) is 0 Å². The zero-order chi connectivity index (χ0) is 15.1. The van der Waals surface area contributed by atoms with Gasteiger partial charge in [0.15, 0.2) is 0 Å². The molecule has 1 aromatic carbocycles. The molecule has 1 aliphatic carbocycles. The van der Waals surface area contributed by atoms with Crippen molar-refractivity contribution in [2.24, 2.45) is 5.92 Å². The molecule has 0 unspecified atom stereocenters. The molecule has 0 bridgehead atoms. The minimum atomic E-state index is 0.470. The van der Waals surface area contributed by atoms with Crippen LogP contribution in [0, 0.1) is 5.92 Å². The number of hydrogen-bond acceptors (Lipinski definition) is 2. The third kappa shape index (κ3) is 6.09. The van der Waals surface area contributed by atoms with Crippen LogP contribution in [-0.2, 0) is 17.9 Å². The number of ether oxygens (including phenoxy) is 1. The van der Waals surface area contributed by atoms with Crippen molar-refractivity contribution in [3.05, 3.63) is 33.8 Å². The molecule has 3 heteroatoms. The van der Waals surface area contributed by atoms with Gasteiger partial charge in [0, 0.05) is 11.0 Å². The molecule has 0 heterocycles. The molecule has 0 atom stereocenters. The molecule has 1 aliphatic rings. The van der Waals surface area contributed by atoms with E-state index in [1.54, 1.807) is 0 Å². The second-order valence-corrected chi connectivity index (χ2v) is 7.38. The molecule has 0 radical (unpaired) electrons. The Morgan fingerprint density at radius 2 is 2.00 bits per heavy atom. The van der Waals surface area contributed by atoms with Crippen molar-refractivity contribution in [3.8, 4) is 0 Å². The van der Waals surface area contributed by atoms with Crippen LogP contribution in [0.5, 0.6) is 0 Å². The summed E-state index contributed by atoms with van der Waals surface area (Å²) in [6, 6.07) is 6.61. The molecule has 0 saturated heterocycles. The van der Waals surface area contributed by atoms with Crippen molar-refractivity contribution < 1.29 is 4.74 Å². The summed E-state index contributed by atoms with van der Waals surface area (Å²) in [5.74, 6) is 0.691. The highest BCUT2D eigenvalue weighted by molar-refractivity contribution is 9.10. The smallest absolute Gasteiger partial charge is 0.0731 e. The molecule has 1 fully saturated rings. The zero-order valence-corrected chi connectivity index (χ0v) is 14.9. The summed E-state index contributed by atoms with van der Waals surface area (Å²) >= 11 is 3.69. The molecule has 2 rings (SSSR count). The molecule has 0 spiro atoms. The first-order valence-corrected chi connectivity index (χ1v) is 9.04. The van der Waals surface area contributed by atoms with Crippen LogP contribution < -0.4 is 5.32 Å². The van der Waals surface area contributed by atoms with Gasteiger partial charge in [-0.15, -0.1) is 0 Å². The monoisotopic (exact) mass is 353 g/mol. The third-order valence-corrected chi connectivity index (χ3v) is 4.76. The van der Waals surface area contributed by atoms with Gasteiger partial charge < -0.3 is 10.1 Å². The second-order valence-electron chi connectivity index (χ2n) is 6.52. The van der Waals surface area contributed by atoms with Crippen molar-refractivity contribution in [1.82, 2.24) is 5.32 Å². The molecule has 21 heavy (non-hydrogen) atoms. The predicted molar refractivity (Wildman–Crippen MR) is 92.3 cm³/mol.